The van der Waals surface area contributed by atoms with Crippen molar-refractivity contribution >= 4 is 5.91 Å². The zero-order valence-corrected chi connectivity index (χ0v) is 14.1. The van der Waals surface area contributed by atoms with E-state index in [-0.39, 0.29) is 12.1 Å². The summed E-state index contributed by atoms with van der Waals surface area (Å²) in [7, 11) is 2.93. The molecule has 1 N–H and O–H groups in total. The topological polar surface area (TPSA) is 47.6 Å². The first kappa shape index (κ1) is 19.2. The molecule has 7 heteroatoms. The number of amides is 1. The molecule has 0 atom stereocenters. The summed E-state index contributed by atoms with van der Waals surface area (Å²) in [4.78, 5) is 12.2. The van der Waals surface area contributed by atoms with E-state index in [9.17, 15) is 18.0 Å². The van der Waals surface area contributed by atoms with Crippen molar-refractivity contribution in [3.8, 4) is 23.3 Å². The summed E-state index contributed by atoms with van der Waals surface area (Å²) in [6.07, 6.45) is -4.42. The van der Waals surface area contributed by atoms with E-state index in [1.54, 1.807) is 18.2 Å². The first-order valence-electron chi connectivity index (χ1n) is 7.51. The Morgan fingerprint density at radius 2 is 1.88 bits per heavy atom. The number of ether oxygens (including phenoxy) is 2. The van der Waals surface area contributed by atoms with Gasteiger partial charge in [-0.3, -0.25) is 4.79 Å². The monoisotopic (exact) mass is 363 g/mol. The molecule has 4 nitrogen and oxygen atoms in total. The lowest BCUT2D eigenvalue weighted by atomic mass is 10.1. The van der Waals surface area contributed by atoms with Gasteiger partial charge in [0.1, 0.15) is 11.5 Å². The fourth-order valence-corrected chi connectivity index (χ4v) is 2.13. The Bertz CT molecular complexity index is 851. The van der Waals surface area contributed by atoms with E-state index in [2.05, 4.69) is 17.2 Å². The fourth-order valence-electron chi connectivity index (χ4n) is 2.13. The molecule has 26 heavy (non-hydrogen) atoms. The van der Waals surface area contributed by atoms with Crippen molar-refractivity contribution in [3.63, 3.8) is 0 Å². The Kier molecular flexibility index (Phi) is 6.12. The van der Waals surface area contributed by atoms with Crippen LogP contribution in [0.15, 0.2) is 42.5 Å². The van der Waals surface area contributed by atoms with E-state index in [1.165, 1.54) is 26.4 Å². The van der Waals surface area contributed by atoms with Gasteiger partial charge in [0.05, 0.1) is 31.9 Å². The quantitative estimate of drug-likeness (QED) is 0.846. The van der Waals surface area contributed by atoms with Crippen LogP contribution in [0.2, 0.25) is 0 Å². The first-order chi connectivity index (χ1) is 12.3. The van der Waals surface area contributed by atoms with Gasteiger partial charge < -0.3 is 14.8 Å². The van der Waals surface area contributed by atoms with Gasteiger partial charge in [0.25, 0.3) is 5.91 Å². The number of benzene rings is 2. The average molecular weight is 363 g/mol. The number of carbonyl (C=O) groups excluding carboxylic acids is 1. The lowest BCUT2D eigenvalue weighted by Gasteiger charge is -2.09. The van der Waals surface area contributed by atoms with Gasteiger partial charge in [0.15, 0.2) is 0 Å². The zero-order valence-electron chi connectivity index (χ0n) is 14.1. The van der Waals surface area contributed by atoms with Crippen LogP contribution < -0.4 is 14.8 Å². The molecular formula is C19H16F3NO3. The second-order valence-electron chi connectivity index (χ2n) is 5.13. The lowest BCUT2D eigenvalue weighted by Crippen LogP contribution is -2.24. The van der Waals surface area contributed by atoms with Gasteiger partial charge in [-0.05, 0) is 30.3 Å². The zero-order chi connectivity index (χ0) is 19.2. The van der Waals surface area contributed by atoms with Crippen LogP contribution in [0, 0.1) is 11.8 Å². The minimum absolute atomic E-state index is 0.0235. The summed E-state index contributed by atoms with van der Waals surface area (Å²) in [6.45, 7) is -0.0235. The Balaban J connectivity index is 2.03. The average Bonchev–Trinajstić information content (AvgIpc) is 2.64. The summed E-state index contributed by atoms with van der Waals surface area (Å²) in [6, 6.07) is 9.43. The predicted molar refractivity (Wildman–Crippen MR) is 90.2 cm³/mol. The van der Waals surface area contributed by atoms with Gasteiger partial charge in [0.2, 0.25) is 0 Å². The number of nitrogens with one attached hydrogen (secondary N) is 1. The van der Waals surface area contributed by atoms with Gasteiger partial charge in [-0.25, -0.2) is 0 Å². The number of rotatable bonds is 4. The van der Waals surface area contributed by atoms with Crippen LogP contribution in [0.5, 0.6) is 11.5 Å². The van der Waals surface area contributed by atoms with Gasteiger partial charge in [-0.1, -0.05) is 17.9 Å². The van der Waals surface area contributed by atoms with E-state index in [0.29, 0.717) is 17.1 Å². The van der Waals surface area contributed by atoms with Crippen LogP contribution in [0.25, 0.3) is 0 Å². The number of hydrogen-bond donors (Lipinski definition) is 1. The SMILES string of the molecule is COc1ccc(C(=O)NCC#Cc2cccc(C(F)(F)F)c2)c(OC)c1. The molecule has 2 aromatic carbocycles. The van der Waals surface area contributed by atoms with E-state index in [4.69, 9.17) is 9.47 Å². The molecule has 136 valence electrons. The summed E-state index contributed by atoms with van der Waals surface area (Å²) < 4.78 is 48.2. The molecule has 0 spiro atoms. The Labute approximate surface area is 148 Å². The van der Waals surface area contributed by atoms with E-state index < -0.39 is 17.6 Å². The van der Waals surface area contributed by atoms with Gasteiger partial charge in [-0.15, -0.1) is 0 Å². The molecule has 2 aromatic rings. The first-order valence-corrected chi connectivity index (χ1v) is 7.51. The molecule has 0 aromatic heterocycles. The second-order valence-corrected chi connectivity index (χ2v) is 5.13. The molecular weight excluding hydrogens is 347 g/mol. The standard InChI is InChI=1S/C19H16F3NO3/c1-25-15-8-9-16(17(12-15)26-2)18(24)23-10-4-6-13-5-3-7-14(11-13)19(20,21)22/h3,5,7-9,11-12H,10H2,1-2H3,(H,23,24). The van der Waals surface area contributed by atoms with Crippen molar-refractivity contribution in [2.75, 3.05) is 20.8 Å². The molecule has 0 aliphatic carbocycles. The minimum Gasteiger partial charge on any atom is -0.497 e. The van der Waals surface area contributed by atoms with Crippen LogP contribution in [0.1, 0.15) is 21.5 Å². The Morgan fingerprint density at radius 3 is 2.54 bits per heavy atom. The normalized spacial score (nSPS) is 10.5. The van der Waals surface area contributed by atoms with Gasteiger partial charge >= 0.3 is 6.18 Å². The van der Waals surface area contributed by atoms with Gasteiger partial charge in [-0.2, -0.15) is 13.2 Å². The molecule has 0 saturated carbocycles. The number of alkyl halides is 3. The molecule has 0 aliphatic rings. The molecule has 0 heterocycles. The maximum atomic E-state index is 12.6. The summed E-state index contributed by atoms with van der Waals surface area (Å²) in [5.74, 6) is 5.69. The predicted octanol–water partition coefficient (Wildman–Crippen LogP) is 3.50. The molecule has 2 rings (SSSR count). The third kappa shape index (κ3) is 4.93. The maximum absolute atomic E-state index is 12.6. The third-order valence-electron chi connectivity index (χ3n) is 3.41. The maximum Gasteiger partial charge on any atom is 0.416 e. The molecule has 0 fully saturated rings. The van der Waals surface area contributed by atoms with E-state index in [0.717, 1.165) is 12.1 Å². The number of methoxy groups -OCH3 is 2. The fraction of sp³-hybridized carbons (Fsp3) is 0.211. The largest absolute Gasteiger partial charge is 0.497 e. The van der Waals surface area contributed by atoms with Gasteiger partial charge in [0, 0.05) is 11.6 Å². The smallest absolute Gasteiger partial charge is 0.416 e. The highest BCUT2D eigenvalue weighted by molar-refractivity contribution is 5.97. The van der Waals surface area contributed by atoms with E-state index in [1.807, 2.05) is 0 Å². The molecule has 0 saturated heterocycles. The van der Waals surface area contributed by atoms with E-state index >= 15 is 0 Å². The van der Waals surface area contributed by atoms with Crippen molar-refractivity contribution < 1.29 is 27.4 Å². The van der Waals surface area contributed by atoms with Crippen molar-refractivity contribution in [2.45, 2.75) is 6.18 Å². The Hall–Kier alpha value is -3.14. The summed E-state index contributed by atoms with van der Waals surface area (Å²) >= 11 is 0. The van der Waals surface area contributed by atoms with Crippen LogP contribution in [-0.2, 0) is 6.18 Å². The van der Waals surface area contributed by atoms with Crippen molar-refractivity contribution in [3.05, 3.63) is 59.2 Å². The van der Waals surface area contributed by atoms with Crippen LogP contribution >= 0.6 is 0 Å². The molecule has 0 aliphatic heterocycles. The molecule has 0 radical (unpaired) electrons. The van der Waals surface area contributed by atoms with Crippen LogP contribution in [0.4, 0.5) is 13.2 Å². The second kappa shape index (κ2) is 8.30. The number of hydrogen-bond acceptors (Lipinski definition) is 3. The van der Waals surface area contributed by atoms with Crippen LogP contribution in [0.3, 0.4) is 0 Å². The third-order valence-corrected chi connectivity index (χ3v) is 3.41. The minimum atomic E-state index is -4.42. The molecule has 0 unspecified atom stereocenters. The van der Waals surface area contributed by atoms with Crippen molar-refractivity contribution in [1.29, 1.82) is 0 Å². The Morgan fingerprint density at radius 1 is 1.12 bits per heavy atom. The lowest BCUT2D eigenvalue weighted by molar-refractivity contribution is -0.137. The summed E-state index contributed by atoms with van der Waals surface area (Å²) in [5, 5.41) is 2.57. The van der Waals surface area contributed by atoms with Crippen molar-refractivity contribution in [1.82, 2.24) is 5.32 Å². The molecule has 1 amide bonds. The highest BCUT2D eigenvalue weighted by Crippen LogP contribution is 2.29. The number of halogens is 3. The highest BCUT2D eigenvalue weighted by atomic mass is 19.4. The van der Waals surface area contributed by atoms with Crippen LogP contribution in [-0.4, -0.2) is 26.7 Å². The highest BCUT2D eigenvalue weighted by Gasteiger charge is 2.30. The number of carbonyl (C=O) groups is 1. The van der Waals surface area contributed by atoms with Crippen molar-refractivity contribution in [2.24, 2.45) is 0 Å². The molecule has 0 bridgehead atoms. The summed E-state index contributed by atoms with van der Waals surface area (Å²) in [5.41, 5.74) is -0.249.